The lowest BCUT2D eigenvalue weighted by Gasteiger charge is -2.31. The van der Waals surface area contributed by atoms with Gasteiger partial charge in [0.05, 0.1) is 6.54 Å². The molecule has 1 amide bonds. The van der Waals surface area contributed by atoms with Gasteiger partial charge in [-0.2, -0.15) is 0 Å². The second-order valence-electron chi connectivity index (χ2n) is 8.00. The summed E-state index contributed by atoms with van der Waals surface area (Å²) in [6, 6.07) is 12.7. The minimum atomic E-state index is -0.709. The lowest BCUT2D eigenvalue weighted by atomic mass is 9.95. The van der Waals surface area contributed by atoms with Crippen LogP contribution in [0.1, 0.15) is 40.5 Å². The van der Waals surface area contributed by atoms with Gasteiger partial charge in [-0.15, -0.1) is 5.10 Å². The molecule has 168 valence electrons. The fourth-order valence-corrected chi connectivity index (χ4v) is 4.14. The summed E-state index contributed by atoms with van der Waals surface area (Å²) in [5, 5.41) is 7.72. The van der Waals surface area contributed by atoms with Crippen LogP contribution in [0.25, 0.3) is 11.2 Å². The minimum absolute atomic E-state index is 0.00666. The third kappa shape index (κ3) is 3.99. The predicted octanol–water partition coefficient (Wildman–Crippen LogP) is 2.86. The van der Waals surface area contributed by atoms with Crippen molar-refractivity contribution in [2.45, 2.75) is 25.3 Å². The number of H-pyrrole nitrogens is 1. The van der Waals surface area contributed by atoms with E-state index in [-0.39, 0.29) is 35.1 Å². The summed E-state index contributed by atoms with van der Waals surface area (Å²) in [6.07, 6.45) is 1.24. The number of halogens is 2. The third-order valence-corrected chi connectivity index (χ3v) is 5.95. The molecule has 0 bridgehead atoms. The molecule has 0 aliphatic carbocycles. The number of likely N-dealkylation sites (tertiary alicyclic amines) is 1. The van der Waals surface area contributed by atoms with Crippen LogP contribution in [0.5, 0.6) is 0 Å². The first kappa shape index (κ1) is 20.9. The summed E-state index contributed by atoms with van der Waals surface area (Å²) in [5.74, 6) is -1.06. The molecular weight excluding hydrogens is 430 g/mol. The zero-order valence-corrected chi connectivity index (χ0v) is 17.5. The van der Waals surface area contributed by atoms with E-state index in [9.17, 15) is 18.4 Å². The number of carbonyl (C=O) groups is 1. The van der Waals surface area contributed by atoms with Crippen LogP contribution in [0, 0.1) is 11.6 Å². The summed E-state index contributed by atoms with van der Waals surface area (Å²) < 4.78 is 29.4. The molecule has 1 N–H and O–H groups in total. The van der Waals surface area contributed by atoms with Crippen LogP contribution < -0.4 is 5.56 Å². The molecule has 0 spiro atoms. The summed E-state index contributed by atoms with van der Waals surface area (Å²) in [6.45, 7) is 0.811. The monoisotopic (exact) mass is 450 g/mol. The number of hydrogen-bond donors (Lipinski definition) is 1. The average Bonchev–Trinajstić information content (AvgIpc) is 3.25. The molecular formula is C23H20F2N6O2. The van der Waals surface area contributed by atoms with Crippen molar-refractivity contribution in [3.8, 4) is 0 Å². The fraction of sp³-hybridized carbons (Fsp3) is 0.261. The van der Waals surface area contributed by atoms with Crippen molar-refractivity contribution in [3.05, 3.63) is 87.5 Å². The Kier molecular flexibility index (Phi) is 5.41. The number of rotatable bonds is 4. The third-order valence-electron chi connectivity index (χ3n) is 5.95. The molecule has 4 aromatic rings. The number of hydrogen-bond acceptors (Lipinski definition) is 5. The standard InChI is InChI=1S/C23H20F2N6O2/c24-17-7-4-8-18(25)16(17)13-31-21-19(28-29-31)22(32)27-20(26-21)14-9-11-30(12-10-14)23(33)15-5-2-1-3-6-15/h1-8,14H,9-13H2,(H,26,27,32). The number of aromatic amines is 1. The molecule has 0 unspecified atom stereocenters. The molecule has 0 radical (unpaired) electrons. The van der Waals surface area contributed by atoms with E-state index in [1.807, 2.05) is 18.2 Å². The number of fused-ring (bicyclic) bond motifs is 1. The maximum absolute atomic E-state index is 14.1. The molecule has 2 aromatic heterocycles. The van der Waals surface area contributed by atoms with E-state index in [4.69, 9.17) is 0 Å². The Morgan fingerprint density at radius 2 is 1.73 bits per heavy atom. The molecule has 0 saturated carbocycles. The van der Waals surface area contributed by atoms with E-state index in [0.717, 1.165) is 12.1 Å². The molecule has 5 rings (SSSR count). The lowest BCUT2D eigenvalue weighted by molar-refractivity contribution is 0.0711. The second-order valence-corrected chi connectivity index (χ2v) is 8.00. The SMILES string of the molecule is O=C(c1ccccc1)N1CCC(c2nc3c(nnn3Cc3c(F)cccc3F)c(=O)[nH]2)CC1. The van der Waals surface area contributed by atoms with Crippen LogP contribution in [0.2, 0.25) is 0 Å². The van der Waals surface area contributed by atoms with Gasteiger partial charge >= 0.3 is 0 Å². The zero-order chi connectivity index (χ0) is 22.9. The summed E-state index contributed by atoms with van der Waals surface area (Å²) in [5.41, 5.74) is 0.171. The van der Waals surface area contributed by atoms with Crippen molar-refractivity contribution >= 4 is 17.1 Å². The maximum Gasteiger partial charge on any atom is 0.281 e. The Bertz CT molecular complexity index is 1360. The van der Waals surface area contributed by atoms with Crippen molar-refractivity contribution in [1.29, 1.82) is 0 Å². The first-order valence-corrected chi connectivity index (χ1v) is 10.6. The number of piperidine rings is 1. The number of nitrogens with zero attached hydrogens (tertiary/aromatic N) is 5. The Morgan fingerprint density at radius 3 is 2.42 bits per heavy atom. The largest absolute Gasteiger partial charge is 0.339 e. The van der Waals surface area contributed by atoms with Crippen molar-refractivity contribution in [2.75, 3.05) is 13.1 Å². The highest BCUT2D eigenvalue weighted by Gasteiger charge is 2.27. The van der Waals surface area contributed by atoms with Crippen molar-refractivity contribution in [1.82, 2.24) is 29.9 Å². The molecule has 10 heteroatoms. The normalized spacial score (nSPS) is 14.7. The summed E-state index contributed by atoms with van der Waals surface area (Å²) >= 11 is 0. The van der Waals surface area contributed by atoms with Gasteiger partial charge in [0.15, 0.2) is 11.2 Å². The van der Waals surface area contributed by atoms with Crippen LogP contribution in [-0.4, -0.2) is 48.9 Å². The number of nitrogens with one attached hydrogen (secondary N) is 1. The molecule has 1 aliphatic rings. The predicted molar refractivity (Wildman–Crippen MR) is 116 cm³/mol. The van der Waals surface area contributed by atoms with Gasteiger partial charge < -0.3 is 9.88 Å². The van der Waals surface area contributed by atoms with Gasteiger partial charge in [0.25, 0.3) is 11.5 Å². The molecule has 3 heterocycles. The number of carbonyl (C=O) groups excluding carboxylic acids is 1. The van der Waals surface area contributed by atoms with Gasteiger partial charge in [-0.25, -0.2) is 18.4 Å². The van der Waals surface area contributed by atoms with E-state index in [1.165, 1.54) is 10.7 Å². The highest BCUT2D eigenvalue weighted by atomic mass is 19.1. The smallest absolute Gasteiger partial charge is 0.281 e. The van der Waals surface area contributed by atoms with E-state index >= 15 is 0 Å². The van der Waals surface area contributed by atoms with Gasteiger partial charge in [0, 0.05) is 30.1 Å². The second kappa shape index (κ2) is 8.53. The first-order chi connectivity index (χ1) is 16.0. The minimum Gasteiger partial charge on any atom is -0.339 e. The highest BCUT2D eigenvalue weighted by molar-refractivity contribution is 5.94. The first-order valence-electron chi connectivity index (χ1n) is 10.6. The van der Waals surface area contributed by atoms with Gasteiger partial charge in [0.1, 0.15) is 17.5 Å². The Hall–Kier alpha value is -3.95. The van der Waals surface area contributed by atoms with E-state index in [2.05, 4.69) is 20.3 Å². The van der Waals surface area contributed by atoms with E-state index in [0.29, 0.717) is 37.3 Å². The van der Waals surface area contributed by atoms with Crippen LogP contribution in [0.3, 0.4) is 0 Å². The number of aromatic nitrogens is 5. The molecule has 1 aliphatic heterocycles. The fourth-order valence-electron chi connectivity index (χ4n) is 4.14. The molecule has 1 saturated heterocycles. The molecule has 2 aromatic carbocycles. The van der Waals surface area contributed by atoms with Crippen molar-refractivity contribution in [3.63, 3.8) is 0 Å². The highest BCUT2D eigenvalue weighted by Crippen LogP contribution is 2.26. The summed E-state index contributed by atoms with van der Waals surface area (Å²) in [4.78, 5) is 34.3. The Labute approximate surface area is 186 Å². The number of benzene rings is 2. The zero-order valence-electron chi connectivity index (χ0n) is 17.5. The average molecular weight is 450 g/mol. The Balaban J connectivity index is 1.38. The van der Waals surface area contributed by atoms with Crippen LogP contribution in [0.15, 0.2) is 53.3 Å². The number of amides is 1. The van der Waals surface area contributed by atoms with Crippen LogP contribution in [0.4, 0.5) is 8.78 Å². The van der Waals surface area contributed by atoms with Crippen LogP contribution >= 0.6 is 0 Å². The summed E-state index contributed by atoms with van der Waals surface area (Å²) in [7, 11) is 0. The van der Waals surface area contributed by atoms with Crippen molar-refractivity contribution in [2.24, 2.45) is 0 Å². The van der Waals surface area contributed by atoms with Gasteiger partial charge in [-0.05, 0) is 37.1 Å². The van der Waals surface area contributed by atoms with Crippen LogP contribution in [-0.2, 0) is 6.54 Å². The molecule has 33 heavy (non-hydrogen) atoms. The van der Waals surface area contributed by atoms with E-state index < -0.39 is 17.2 Å². The molecule has 1 fully saturated rings. The molecule has 0 atom stereocenters. The topological polar surface area (TPSA) is 96.8 Å². The quantitative estimate of drug-likeness (QED) is 0.516. The Morgan fingerprint density at radius 1 is 1.03 bits per heavy atom. The van der Waals surface area contributed by atoms with Gasteiger partial charge in [-0.3, -0.25) is 9.59 Å². The molecule has 8 nitrogen and oxygen atoms in total. The van der Waals surface area contributed by atoms with E-state index in [1.54, 1.807) is 17.0 Å². The van der Waals surface area contributed by atoms with Gasteiger partial charge in [0.2, 0.25) is 0 Å². The maximum atomic E-state index is 14.1. The lowest BCUT2D eigenvalue weighted by Crippen LogP contribution is -2.38. The van der Waals surface area contributed by atoms with Gasteiger partial charge in [-0.1, -0.05) is 29.5 Å². The van der Waals surface area contributed by atoms with Crippen molar-refractivity contribution < 1.29 is 13.6 Å².